The van der Waals surface area contributed by atoms with E-state index >= 15 is 0 Å². The SMILES string of the molecule is CC(C=O)OC(=O)N(C)C1CCCCC1=O. The third kappa shape index (κ3) is 3.05. The largest absolute Gasteiger partial charge is 0.439 e. The molecule has 1 aliphatic carbocycles. The lowest BCUT2D eigenvalue weighted by Gasteiger charge is -2.29. The molecule has 0 spiro atoms. The van der Waals surface area contributed by atoms with E-state index in [9.17, 15) is 14.4 Å². The van der Waals surface area contributed by atoms with E-state index in [1.165, 1.54) is 18.9 Å². The number of likely N-dealkylation sites (N-methyl/N-ethyl adjacent to an activating group) is 1. The monoisotopic (exact) mass is 227 g/mol. The fourth-order valence-electron chi connectivity index (χ4n) is 1.77. The molecule has 1 aliphatic rings. The van der Waals surface area contributed by atoms with Crippen molar-refractivity contribution in [2.75, 3.05) is 7.05 Å². The number of carbonyl (C=O) groups excluding carboxylic acids is 3. The van der Waals surface area contributed by atoms with Crippen molar-refractivity contribution in [3.8, 4) is 0 Å². The number of rotatable bonds is 3. The van der Waals surface area contributed by atoms with Crippen LogP contribution in [0, 0.1) is 0 Å². The minimum Gasteiger partial charge on any atom is -0.439 e. The van der Waals surface area contributed by atoms with Crippen molar-refractivity contribution in [3.05, 3.63) is 0 Å². The van der Waals surface area contributed by atoms with Gasteiger partial charge in [-0.15, -0.1) is 0 Å². The maximum absolute atomic E-state index is 11.6. The first kappa shape index (κ1) is 12.7. The highest BCUT2D eigenvalue weighted by Gasteiger charge is 2.30. The van der Waals surface area contributed by atoms with E-state index < -0.39 is 12.2 Å². The van der Waals surface area contributed by atoms with E-state index in [4.69, 9.17) is 4.74 Å². The molecule has 0 aromatic heterocycles. The number of nitrogens with zero attached hydrogens (tertiary/aromatic N) is 1. The summed E-state index contributed by atoms with van der Waals surface area (Å²) in [6.07, 6.45) is 2.20. The Morgan fingerprint density at radius 2 is 2.25 bits per heavy atom. The third-order valence-corrected chi connectivity index (χ3v) is 2.76. The topological polar surface area (TPSA) is 63.7 Å². The highest BCUT2D eigenvalue weighted by atomic mass is 16.6. The van der Waals surface area contributed by atoms with Crippen LogP contribution in [0.15, 0.2) is 0 Å². The summed E-state index contributed by atoms with van der Waals surface area (Å²) in [5.74, 6) is 0.0736. The van der Waals surface area contributed by atoms with Crippen LogP contribution in [-0.4, -0.2) is 42.3 Å². The Kier molecular flexibility index (Phi) is 4.46. The van der Waals surface area contributed by atoms with Crippen LogP contribution in [0.5, 0.6) is 0 Å². The standard InChI is InChI=1S/C11H17NO4/c1-8(7-13)16-11(15)12(2)9-5-3-4-6-10(9)14/h7-9H,3-6H2,1-2H3. The summed E-state index contributed by atoms with van der Waals surface area (Å²) in [6, 6.07) is -0.389. The first-order chi connectivity index (χ1) is 7.56. The normalized spacial score (nSPS) is 22.4. The smallest absolute Gasteiger partial charge is 0.410 e. The van der Waals surface area contributed by atoms with Crippen LogP contribution in [0.25, 0.3) is 0 Å². The highest BCUT2D eigenvalue weighted by molar-refractivity contribution is 5.88. The van der Waals surface area contributed by atoms with E-state index in [1.807, 2.05) is 0 Å². The first-order valence-electron chi connectivity index (χ1n) is 5.47. The Hall–Kier alpha value is -1.39. The molecule has 0 N–H and O–H groups in total. The second-order valence-corrected chi connectivity index (χ2v) is 4.06. The quantitative estimate of drug-likeness (QED) is 0.678. The van der Waals surface area contributed by atoms with Crippen molar-refractivity contribution in [1.29, 1.82) is 0 Å². The van der Waals surface area contributed by atoms with Gasteiger partial charge in [-0.1, -0.05) is 6.42 Å². The van der Waals surface area contributed by atoms with Crippen molar-refractivity contribution in [2.45, 2.75) is 44.8 Å². The van der Waals surface area contributed by atoms with E-state index in [0.29, 0.717) is 19.1 Å². The summed E-state index contributed by atoms with van der Waals surface area (Å²) < 4.78 is 4.83. The number of hydrogen-bond acceptors (Lipinski definition) is 4. The second kappa shape index (κ2) is 5.63. The third-order valence-electron chi connectivity index (χ3n) is 2.76. The maximum atomic E-state index is 11.6. The van der Waals surface area contributed by atoms with Crippen molar-refractivity contribution in [1.82, 2.24) is 4.90 Å². The van der Waals surface area contributed by atoms with Gasteiger partial charge in [0.15, 0.2) is 18.2 Å². The van der Waals surface area contributed by atoms with Crippen LogP contribution in [-0.2, 0) is 14.3 Å². The lowest BCUT2D eigenvalue weighted by atomic mass is 9.93. The molecule has 0 heterocycles. The van der Waals surface area contributed by atoms with Gasteiger partial charge in [-0.25, -0.2) is 4.79 Å². The summed E-state index contributed by atoms with van der Waals surface area (Å²) >= 11 is 0. The predicted octanol–water partition coefficient (Wildman–Crippen LogP) is 1.15. The summed E-state index contributed by atoms with van der Waals surface area (Å²) in [7, 11) is 1.54. The summed E-state index contributed by atoms with van der Waals surface area (Å²) in [6.45, 7) is 1.49. The molecule has 16 heavy (non-hydrogen) atoms. The van der Waals surface area contributed by atoms with Gasteiger partial charge in [0.1, 0.15) is 0 Å². The molecule has 1 amide bonds. The fourth-order valence-corrected chi connectivity index (χ4v) is 1.77. The molecule has 1 fully saturated rings. The maximum Gasteiger partial charge on any atom is 0.410 e. The molecule has 1 rings (SSSR count). The lowest BCUT2D eigenvalue weighted by molar-refractivity contribution is -0.125. The van der Waals surface area contributed by atoms with Crippen molar-refractivity contribution in [3.63, 3.8) is 0 Å². The molecule has 2 unspecified atom stereocenters. The molecule has 2 atom stereocenters. The van der Waals surface area contributed by atoms with E-state index in [1.54, 1.807) is 0 Å². The van der Waals surface area contributed by atoms with Gasteiger partial charge in [0.2, 0.25) is 0 Å². The van der Waals surface area contributed by atoms with Gasteiger partial charge < -0.3 is 9.64 Å². The molecule has 1 saturated carbocycles. The zero-order valence-electron chi connectivity index (χ0n) is 9.64. The van der Waals surface area contributed by atoms with Crippen molar-refractivity contribution >= 4 is 18.2 Å². The van der Waals surface area contributed by atoms with E-state index in [2.05, 4.69) is 0 Å². The highest BCUT2D eigenvalue weighted by Crippen LogP contribution is 2.19. The molecule has 5 heteroatoms. The molecular formula is C11H17NO4. The van der Waals surface area contributed by atoms with Gasteiger partial charge >= 0.3 is 6.09 Å². The van der Waals surface area contributed by atoms with Gasteiger partial charge in [-0.3, -0.25) is 9.59 Å². The number of Topliss-reactive ketones (excluding diaryl/α,β-unsaturated/α-hetero) is 1. The van der Waals surface area contributed by atoms with Crippen LogP contribution in [0.2, 0.25) is 0 Å². The summed E-state index contributed by atoms with van der Waals surface area (Å²) in [4.78, 5) is 34.8. The zero-order valence-corrected chi connectivity index (χ0v) is 9.64. The molecule has 5 nitrogen and oxygen atoms in total. The molecule has 0 radical (unpaired) electrons. The second-order valence-electron chi connectivity index (χ2n) is 4.06. The van der Waals surface area contributed by atoms with Gasteiger partial charge in [-0.05, 0) is 19.8 Å². The predicted molar refractivity (Wildman–Crippen MR) is 57.0 cm³/mol. The first-order valence-corrected chi connectivity index (χ1v) is 5.47. The Morgan fingerprint density at radius 3 is 2.81 bits per heavy atom. The minimum atomic E-state index is -0.770. The van der Waals surface area contributed by atoms with Crippen LogP contribution in [0.4, 0.5) is 4.79 Å². The average Bonchev–Trinajstić information content (AvgIpc) is 2.28. The minimum absolute atomic E-state index is 0.0736. The van der Waals surface area contributed by atoms with E-state index in [0.717, 1.165) is 12.8 Å². The fraction of sp³-hybridized carbons (Fsp3) is 0.727. The average molecular weight is 227 g/mol. The molecule has 0 aliphatic heterocycles. The van der Waals surface area contributed by atoms with Crippen molar-refractivity contribution < 1.29 is 19.1 Å². The van der Waals surface area contributed by atoms with Crippen LogP contribution >= 0.6 is 0 Å². The number of hydrogen-bond donors (Lipinski definition) is 0. The Balaban J connectivity index is 2.54. The van der Waals surface area contributed by atoms with Gasteiger partial charge in [-0.2, -0.15) is 0 Å². The molecule has 90 valence electrons. The van der Waals surface area contributed by atoms with Crippen LogP contribution in [0.3, 0.4) is 0 Å². The molecular weight excluding hydrogens is 210 g/mol. The van der Waals surface area contributed by atoms with Crippen LogP contribution < -0.4 is 0 Å². The number of aldehydes is 1. The molecule has 0 aromatic carbocycles. The Morgan fingerprint density at radius 1 is 1.56 bits per heavy atom. The van der Waals surface area contributed by atoms with Gasteiger partial charge in [0, 0.05) is 13.5 Å². The zero-order chi connectivity index (χ0) is 12.1. The number of ether oxygens (including phenoxy) is 1. The van der Waals surface area contributed by atoms with E-state index in [-0.39, 0.29) is 11.8 Å². The Bertz CT molecular complexity index is 290. The number of carbonyl (C=O) groups is 3. The lowest BCUT2D eigenvalue weighted by Crippen LogP contribution is -2.45. The van der Waals surface area contributed by atoms with Gasteiger partial charge in [0.05, 0.1) is 6.04 Å². The van der Waals surface area contributed by atoms with Crippen LogP contribution in [0.1, 0.15) is 32.6 Å². The molecule has 0 aromatic rings. The molecule has 0 bridgehead atoms. The van der Waals surface area contributed by atoms with Crippen molar-refractivity contribution in [2.24, 2.45) is 0 Å². The summed E-state index contributed by atoms with van der Waals surface area (Å²) in [5, 5.41) is 0. The number of ketones is 1. The van der Waals surface area contributed by atoms with Gasteiger partial charge in [0.25, 0.3) is 0 Å². The number of amides is 1. The molecule has 0 saturated heterocycles. The summed E-state index contributed by atoms with van der Waals surface area (Å²) in [5.41, 5.74) is 0. The Labute approximate surface area is 94.7 Å².